The second-order valence-electron chi connectivity index (χ2n) is 3.30. The number of carboxylic acid groups (broad SMARTS) is 2. The zero-order valence-electron chi connectivity index (χ0n) is 9.94. The van der Waals surface area contributed by atoms with Crippen molar-refractivity contribution < 1.29 is 46.2 Å². The van der Waals surface area contributed by atoms with Crippen molar-refractivity contribution in [1.29, 1.82) is 0 Å². The number of carbonyl (C=O) groups excluding carboxylic acids is 4. The van der Waals surface area contributed by atoms with Crippen LogP contribution in [-0.2, 0) is 36.0 Å². The summed E-state index contributed by atoms with van der Waals surface area (Å²) in [5.41, 5.74) is 0. The van der Waals surface area contributed by atoms with Crippen LogP contribution >= 0.6 is 0 Å². The minimum absolute atomic E-state index is 0. The third-order valence-electron chi connectivity index (χ3n) is 1.93. The van der Waals surface area contributed by atoms with E-state index in [1.54, 1.807) is 0 Å². The summed E-state index contributed by atoms with van der Waals surface area (Å²) in [4.78, 5) is 39.9. The molecule has 7 heteroatoms. The fourth-order valence-electron chi connectivity index (χ4n) is 0.332. The van der Waals surface area contributed by atoms with Crippen LogP contribution in [0, 0.1) is 11.8 Å². The zero-order chi connectivity index (χ0) is 13.5. The number of hydrogen-bond donors (Lipinski definition) is 0. The topological polar surface area (TPSA) is 114 Å². The summed E-state index contributed by atoms with van der Waals surface area (Å²) in [6.07, 6.45) is 0. The molecule has 6 nitrogen and oxygen atoms in total. The van der Waals surface area contributed by atoms with E-state index in [0.717, 1.165) is 0 Å². The van der Waals surface area contributed by atoms with Gasteiger partial charge in [-0.3, -0.25) is 9.59 Å². The average Bonchev–Trinajstić information content (AvgIpc) is 2.15. The van der Waals surface area contributed by atoms with Gasteiger partial charge < -0.3 is 19.8 Å². The van der Waals surface area contributed by atoms with E-state index in [-0.39, 0.29) is 28.3 Å². The molecule has 0 aliphatic heterocycles. The quantitative estimate of drug-likeness (QED) is 0.549. The molecule has 0 bridgehead atoms. The Morgan fingerprint density at radius 2 is 0.941 bits per heavy atom. The smallest absolute Gasteiger partial charge is 0.549 e. The fourth-order valence-corrected chi connectivity index (χ4v) is 0.332. The molecule has 0 spiro atoms. The van der Waals surface area contributed by atoms with Crippen molar-refractivity contribution in [2.24, 2.45) is 11.8 Å². The Bertz CT molecular complexity index is 241. The van der Waals surface area contributed by atoms with E-state index in [4.69, 9.17) is 0 Å². The molecule has 0 N–H and O–H groups in total. The zero-order valence-corrected chi connectivity index (χ0v) is 11.0. The number of carbonyl (C=O) groups is 4. The van der Waals surface area contributed by atoms with E-state index in [0.29, 0.717) is 0 Å². The van der Waals surface area contributed by atoms with Crippen molar-refractivity contribution in [1.82, 2.24) is 0 Å². The molecule has 1 radical (unpaired) electrons. The Kier molecular flexibility index (Phi) is 12.4. The molecule has 0 aromatic heterocycles. The van der Waals surface area contributed by atoms with Crippen molar-refractivity contribution >= 4 is 23.5 Å². The normalized spacial score (nSPS) is 12.0. The molecule has 0 saturated carbocycles. The van der Waals surface area contributed by atoms with Crippen LogP contribution in [0.5, 0.6) is 0 Å². The second kappa shape index (κ2) is 9.97. The van der Waals surface area contributed by atoms with Gasteiger partial charge in [-0.15, -0.1) is 0 Å². The Morgan fingerprint density at radius 3 is 0.941 bits per heavy atom. The summed E-state index contributed by atoms with van der Waals surface area (Å²) in [5.74, 6) is -5.28. The Labute approximate surface area is 110 Å². The molecule has 17 heavy (non-hydrogen) atoms. The van der Waals surface area contributed by atoms with Crippen molar-refractivity contribution in [3.05, 3.63) is 0 Å². The van der Waals surface area contributed by atoms with E-state index in [1.165, 1.54) is 27.7 Å². The number of aliphatic carboxylic acids is 2. The number of Topliss-reactive ketones (excluding diaryl/α,β-unsaturated/α-hetero) is 2. The Morgan fingerprint density at radius 1 is 0.765 bits per heavy atom. The molecule has 0 rings (SSSR count). The molecule has 99 valence electrons. The summed E-state index contributed by atoms with van der Waals surface area (Å²) < 4.78 is 0. The van der Waals surface area contributed by atoms with Crippen LogP contribution in [0.15, 0.2) is 0 Å². The molecule has 0 amide bonds. The van der Waals surface area contributed by atoms with Gasteiger partial charge in [0.15, 0.2) is 0 Å². The third-order valence-corrected chi connectivity index (χ3v) is 1.93. The molecule has 0 aromatic carbocycles. The van der Waals surface area contributed by atoms with Gasteiger partial charge in [-0.25, -0.2) is 0 Å². The van der Waals surface area contributed by atoms with E-state index in [2.05, 4.69) is 0 Å². The van der Waals surface area contributed by atoms with Gasteiger partial charge in [0.1, 0.15) is 11.6 Å². The molecule has 0 saturated heterocycles. The van der Waals surface area contributed by atoms with Crippen molar-refractivity contribution in [2.75, 3.05) is 0 Å². The predicted molar refractivity (Wildman–Crippen MR) is 49.7 cm³/mol. The Balaban J connectivity index is -0.000000218. The summed E-state index contributed by atoms with van der Waals surface area (Å²) >= 11 is 0. The summed E-state index contributed by atoms with van der Waals surface area (Å²) in [6, 6.07) is 0. The van der Waals surface area contributed by atoms with Crippen LogP contribution in [0.25, 0.3) is 0 Å². The van der Waals surface area contributed by atoms with Gasteiger partial charge in [0.25, 0.3) is 0 Å². The first-order valence-electron chi connectivity index (χ1n) is 4.53. The molecular formula is C10H14CoO6. The number of ketones is 2. The average molecular weight is 289 g/mol. The van der Waals surface area contributed by atoms with Gasteiger partial charge in [0.05, 0.1) is 23.8 Å². The predicted octanol–water partition coefficient (Wildman–Crippen LogP) is -2.08. The first-order valence-corrected chi connectivity index (χ1v) is 4.53. The van der Waals surface area contributed by atoms with Crippen molar-refractivity contribution in [3.8, 4) is 0 Å². The van der Waals surface area contributed by atoms with Crippen LogP contribution in [0.4, 0.5) is 0 Å². The van der Waals surface area contributed by atoms with Gasteiger partial charge in [0.2, 0.25) is 0 Å². The van der Waals surface area contributed by atoms with Crippen LogP contribution in [0.2, 0.25) is 0 Å². The van der Waals surface area contributed by atoms with E-state index < -0.39 is 23.8 Å². The molecule has 2 unspecified atom stereocenters. The molecule has 0 fully saturated rings. The molecule has 0 aliphatic rings. The summed E-state index contributed by atoms with van der Waals surface area (Å²) in [6.45, 7) is 5.05. The standard InChI is InChI=1S/2C5H8O3.Co/c2*1-3(4(2)6)5(7)8;/h2*3H,1-2H3,(H,7,8);/q;;+2/p-2. The number of carboxylic acids is 2. The van der Waals surface area contributed by atoms with Gasteiger partial charge in [-0.1, -0.05) is 13.8 Å². The van der Waals surface area contributed by atoms with Crippen molar-refractivity contribution in [2.45, 2.75) is 27.7 Å². The minimum Gasteiger partial charge on any atom is -0.549 e. The second-order valence-corrected chi connectivity index (χ2v) is 3.30. The van der Waals surface area contributed by atoms with Crippen LogP contribution < -0.4 is 10.2 Å². The molecule has 0 aromatic rings. The first kappa shape index (κ1) is 21.1. The third kappa shape index (κ3) is 11.1. The van der Waals surface area contributed by atoms with E-state index >= 15 is 0 Å². The van der Waals surface area contributed by atoms with Crippen LogP contribution in [0.3, 0.4) is 0 Å². The van der Waals surface area contributed by atoms with Crippen LogP contribution in [-0.4, -0.2) is 23.5 Å². The molecular weight excluding hydrogens is 275 g/mol. The van der Waals surface area contributed by atoms with E-state index in [1.807, 2.05) is 0 Å². The maximum Gasteiger partial charge on any atom is 2.00 e. The maximum absolute atomic E-state index is 10.2. The summed E-state index contributed by atoms with van der Waals surface area (Å²) in [5, 5.41) is 19.6. The van der Waals surface area contributed by atoms with Gasteiger partial charge in [-0.2, -0.15) is 0 Å². The van der Waals surface area contributed by atoms with Gasteiger partial charge in [0, 0.05) is 0 Å². The molecule has 0 aliphatic carbocycles. The minimum atomic E-state index is -1.31. The molecule has 2 atom stereocenters. The van der Waals surface area contributed by atoms with Crippen molar-refractivity contribution in [3.63, 3.8) is 0 Å². The monoisotopic (exact) mass is 289 g/mol. The SMILES string of the molecule is CC(=O)C(C)C(=O)[O-].CC(=O)C(C)C(=O)[O-].[Co+2]. The molecule has 0 heterocycles. The fraction of sp³-hybridized carbons (Fsp3) is 0.600. The number of hydrogen-bond acceptors (Lipinski definition) is 6. The summed E-state index contributed by atoms with van der Waals surface area (Å²) in [7, 11) is 0. The number of rotatable bonds is 4. The van der Waals surface area contributed by atoms with E-state index in [9.17, 15) is 29.4 Å². The van der Waals surface area contributed by atoms with Gasteiger partial charge in [-0.05, 0) is 13.8 Å². The maximum atomic E-state index is 10.2. The largest absolute Gasteiger partial charge is 2.00 e. The first-order chi connectivity index (χ1) is 7.11. The van der Waals surface area contributed by atoms with Crippen LogP contribution in [0.1, 0.15) is 27.7 Å². The Hall–Kier alpha value is -1.21. The van der Waals surface area contributed by atoms with Gasteiger partial charge >= 0.3 is 16.8 Å².